The monoisotopic (exact) mass is 767 g/mol. The largest absolute Gasteiger partial charge is 0.460 e. The van der Waals surface area contributed by atoms with Crippen molar-refractivity contribution in [2.75, 3.05) is 77.8 Å². The van der Waals surface area contributed by atoms with Gasteiger partial charge in [-0.3, -0.25) is 38.5 Å². The molecule has 4 N–H and O–H groups in total. The molecule has 1 aromatic rings. The summed E-state index contributed by atoms with van der Waals surface area (Å²) in [6, 6.07) is 5.91. The first-order valence-corrected chi connectivity index (χ1v) is 17.3. The smallest absolute Gasteiger partial charge is 0.311 e. The molecule has 0 aromatic heterocycles. The van der Waals surface area contributed by atoms with Gasteiger partial charge in [0.2, 0.25) is 23.6 Å². The van der Waals surface area contributed by atoms with Crippen LogP contribution in [-0.4, -0.2) is 125 Å². The van der Waals surface area contributed by atoms with Gasteiger partial charge < -0.3 is 45.0 Å². The molecule has 0 spiro atoms. The molecular weight excluding hydrogens is 706 g/mol. The number of benzene rings is 1. The fraction of sp³-hybridized carbons (Fsp3) is 0.541. The molecule has 17 nitrogen and oxygen atoms in total. The summed E-state index contributed by atoms with van der Waals surface area (Å²) in [6.45, 7) is 9.30. The van der Waals surface area contributed by atoms with Crippen LogP contribution in [0.2, 0.25) is 0 Å². The van der Waals surface area contributed by atoms with E-state index in [0.717, 1.165) is 10.5 Å². The number of hydrogen-bond acceptors (Lipinski definition) is 12. The molecule has 306 valence electrons. The third kappa shape index (κ3) is 20.8. The highest BCUT2D eigenvalue weighted by Crippen LogP contribution is 2.17. The van der Waals surface area contributed by atoms with Crippen LogP contribution in [0.5, 0.6) is 0 Å². The Morgan fingerprint density at radius 1 is 0.741 bits per heavy atom. The van der Waals surface area contributed by atoms with E-state index in [1.807, 2.05) is 0 Å². The molecule has 0 bridgehead atoms. The highest BCUT2D eigenvalue weighted by molar-refractivity contribution is 6.13. The van der Waals surface area contributed by atoms with E-state index in [2.05, 4.69) is 34.1 Å². The maximum atomic E-state index is 12.3. The molecule has 0 fully saturated rings. The van der Waals surface area contributed by atoms with E-state index >= 15 is 0 Å². The highest BCUT2D eigenvalue weighted by atomic mass is 16.6. The number of amides is 6. The SMILES string of the molecule is C#C.CC(NC(=O)CCOCCOCCOCCOCCNC(=O)CCN1C(=O)C=CC1=O)C(=O)NCC(=O)Nc1ccc(COC(=O)C(C)(C)C)cc1.[HH].[HH].[HH].[HH]. The van der Waals surface area contributed by atoms with Gasteiger partial charge in [0.25, 0.3) is 11.8 Å². The van der Waals surface area contributed by atoms with Gasteiger partial charge >= 0.3 is 5.97 Å². The Balaban J connectivity index is -0.00000239. The molecule has 2 rings (SSSR count). The first-order valence-electron chi connectivity index (χ1n) is 17.3. The highest BCUT2D eigenvalue weighted by Gasteiger charge is 2.24. The maximum absolute atomic E-state index is 12.3. The van der Waals surface area contributed by atoms with E-state index < -0.39 is 35.1 Å². The predicted molar refractivity (Wildman–Crippen MR) is 205 cm³/mol. The van der Waals surface area contributed by atoms with E-state index in [4.69, 9.17) is 23.7 Å². The molecule has 0 radical (unpaired) electrons. The Bertz CT molecular complexity index is 1430. The minimum Gasteiger partial charge on any atom is -0.460 e. The number of rotatable bonds is 25. The molecule has 1 aliphatic heterocycles. The zero-order valence-corrected chi connectivity index (χ0v) is 31.4. The second-order valence-corrected chi connectivity index (χ2v) is 12.5. The van der Waals surface area contributed by atoms with E-state index in [9.17, 15) is 33.6 Å². The van der Waals surface area contributed by atoms with Crippen molar-refractivity contribution in [2.45, 2.75) is 53.2 Å². The van der Waals surface area contributed by atoms with Gasteiger partial charge in [0.1, 0.15) is 12.6 Å². The van der Waals surface area contributed by atoms with Gasteiger partial charge in [-0.05, 0) is 45.4 Å². The number of carbonyl (C=O) groups is 7. The number of carbonyl (C=O) groups excluding carboxylic acids is 7. The van der Waals surface area contributed by atoms with E-state index in [0.29, 0.717) is 38.7 Å². The number of nitrogens with zero attached hydrogens (tertiary/aromatic N) is 1. The summed E-state index contributed by atoms with van der Waals surface area (Å²) < 4.78 is 26.8. The minimum atomic E-state index is -0.860. The second kappa shape index (κ2) is 26.6. The topological polar surface area (TPSA) is 217 Å². The average Bonchev–Trinajstić information content (AvgIpc) is 3.46. The molecular formula is C37H61N5O12. The number of esters is 1. The van der Waals surface area contributed by atoms with Crippen LogP contribution in [0.25, 0.3) is 0 Å². The molecule has 1 aliphatic rings. The Labute approximate surface area is 322 Å². The zero-order chi connectivity index (χ0) is 40.4. The van der Waals surface area contributed by atoms with Gasteiger partial charge in [-0.15, -0.1) is 12.8 Å². The third-order valence-electron chi connectivity index (χ3n) is 7.04. The molecule has 0 aliphatic carbocycles. The van der Waals surface area contributed by atoms with Gasteiger partial charge in [0.15, 0.2) is 0 Å². The third-order valence-corrected chi connectivity index (χ3v) is 7.04. The second-order valence-electron chi connectivity index (χ2n) is 12.5. The van der Waals surface area contributed by atoms with Gasteiger partial charge in [-0.25, -0.2) is 0 Å². The molecule has 1 heterocycles. The lowest BCUT2D eigenvalue weighted by molar-refractivity contribution is -0.154. The van der Waals surface area contributed by atoms with Crippen molar-refractivity contribution >= 4 is 47.1 Å². The van der Waals surface area contributed by atoms with Gasteiger partial charge in [0, 0.05) is 49.5 Å². The average molecular weight is 768 g/mol. The van der Waals surface area contributed by atoms with Crippen molar-refractivity contribution in [1.82, 2.24) is 20.9 Å². The minimum absolute atomic E-state index is 0. The molecule has 0 saturated heterocycles. The lowest BCUT2D eigenvalue weighted by Gasteiger charge is -2.16. The summed E-state index contributed by atoms with van der Waals surface area (Å²) in [7, 11) is 0. The summed E-state index contributed by atoms with van der Waals surface area (Å²) >= 11 is 0. The molecule has 6 amide bonds. The number of anilines is 1. The maximum Gasteiger partial charge on any atom is 0.311 e. The van der Waals surface area contributed by atoms with Crippen LogP contribution in [-0.2, 0) is 63.9 Å². The van der Waals surface area contributed by atoms with Crippen molar-refractivity contribution < 1.29 is 63.0 Å². The van der Waals surface area contributed by atoms with Crippen LogP contribution in [0.4, 0.5) is 5.69 Å². The zero-order valence-electron chi connectivity index (χ0n) is 31.4. The van der Waals surface area contributed by atoms with Crippen molar-refractivity contribution in [2.24, 2.45) is 5.41 Å². The lowest BCUT2D eigenvalue weighted by Crippen LogP contribution is -2.46. The summed E-state index contributed by atoms with van der Waals surface area (Å²) in [5.41, 5.74) is 0.674. The number of nitrogens with one attached hydrogen (secondary N) is 4. The summed E-state index contributed by atoms with van der Waals surface area (Å²) in [5, 5.41) is 10.4. The molecule has 1 aromatic carbocycles. The molecule has 54 heavy (non-hydrogen) atoms. The fourth-order valence-corrected chi connectivity index (χ4v) is 4.10. The van der Waals surface area contributed by atoms with Crippen LogP contribution in [0.15, 0.2) is 36.4 Å². The van der Waals surface area contributed by atoms with Crippen LogP contribution in [0.3, 0.4) is 0 Å². The Kier molecular flexibility index (Phi) is 23.1. The number of terminal acetylenes is 1. The summed E-state index contributed by atoms with van der Waals surface area (Å²) in [5.74, 6) is -2.79. The van der Waals surface area contributed by atoms with Crippen LogP contribution >= 0.6 is 0 Å². The summed E-state index contributed by atoms with van der Waals surface area (Å²) in [6.07, 6.45) is 10.4. The van der Waals surface area contributed by atoms with Crippen molar-refractivity contribution in [3.05, 3.63) is 42.0 Å². The number of hydrogen-bond donors (Lipinski definition) is 4. The number of ether oxygens (including phenoxy) is 5. The van der Waals surface area contributed by atoms with E-state index in [1.54, 1.807) is 45.0 Å². The Hall–Kier alpha value is -5.15. The van der Waals surface area contributed by atoms with Crippen LogP contribution < -0.4 is 21.3 Å². The van der Waals surface area contributed by atoms with Crippen molar-refractivity contribution in [3.63, 3.8) is 0 Å². The molecule has 0 saturated carbocycles. The fourth-order valence-electron chi connectivity index (χ4n) is 4.10. The predicted octanol–water partition coefficient (Wildman–Crippen LogP) is 1.46. The van der Waals surface area contributed by atoms with Gasteiger partial charge in [0.05, 0.1) is 64.8 Å². The Morgan fingerprint density at radius 2 is 1.28 bits per heavy atom. The Morgan fingerprint density at radius 3 is 1.83 bits per heavy atom. The first-order chi connectivity index (χ1) is 25.8. The lowest BCUT2D eigenvalue weighted by atomic mass is 9.97. The number of imide groups is 1. The quantitative estimate of drug-likeness (QED) is 0.0482. The van der Waals surface area contributed by atoms with Crippen molar-refractivity contribution in [1.29, 1.82) is 0 Å². The summed E-state index contributed by atoms with van der Waals surface area (Å²) in [4.78, 5) is 84.4. The molecule has 1 unspecified atom stereocenters. The van der Waals surface area contributed by atoms with Gasteiger partial charge in [-0.2, -0.15) is 0 Å². The normalized spacial score (nSPS) is 12.7. The standard InChI is InChI=1S/C35H51N5O12.C2H2.4H2/c1-25(33(46)37-23-30(43)39-27-7-5-26(6-8-27)24-52-34(47)35(2,3)4)38-29(42)12-15-48-17-19-50-21-22-51-20-18-49-16-13-36-28(41)11-14-40-31(44)9-10-32(40)45;1-2;;;;/h5-10,25H,11-24H2,1-4H3,(H,36,41)(H,37,46)(H,38,42)(H,39,43);1-2H;4*1H. The van der Waals surface area contributed by atoms with E-state index in [1.165, 1.54) is 19.1 Å². The molecule has 17 heteroatoms. The molecule has 1 atom stereocenters. The van der Waals surface area contributed by atoms with Crippen LogP contribution in [0, 0.1) is 18.3 Å². The van der Waals surface area contributed by atoms with Crippen LogP contribution in [0.1, 0.15) is 51.8 Å². The van der Waals surface area contributed by atoms with Gasteiger partial charge in [-0.1, -0.05) is 12.1 Å². The van der Waals surface area contributed by atoms with Crippen molar-refractivity contribution in [3.8, 4) is 12.8 Å². The first kappa shape index (κ1) is 46.9. The van der Waals surface area contributed by atoms with E-state index in [-0.39, 0.29) is 82.4 Å².